The maximum Gasteiger partial charge on any atom is 0.0943 e. The van der Waals surface area contributed by atoms with Gasteiger partial charge in [0.2, 0.25) is 0 Å². The molecule has 2 heterocycles. The summed E-state index contributed by atoms with van der Waals surface area (Å²) in [5, 5.41) is 6.93. The van der Waals surface area contributed by atoms with Crippen LogP contribution < -0.4 is 5.32 Å². The molecule has 2 aromatic heterocycles. The molecule has 0 spiro atoms. The zero-order valence-electron chi connectivity index (χ0n) is 11.6. The van der Waals surface area contributed by atoms with E-state index in [1.54, 1.807) is 11.3 Å². The van der Waals surface area contributed by atoms with E-state index in [0.29, 0.717) is 6.04 Å². The third-order valence-corrected chi connectivity index (χ3v) is 3.94. The number of aromatic nitrogens is 2. The fourth-order valence-corrected chi connectivity index (χ4v) is 2.90. The highest BCUT2D eigenvalue weighted by Gasteiger charge is 2.12. The molecule has 0 aliphatic rings. The van der Waals surface area contributed by atoms with Crippen LogP contribution in [0.15, 0.2) is 29.8 Å². The first-order chi connectivity index (χ1) is 9.28. The molecule has 0 fully saturated rings. The lowest BCUT2D eigenvalue weighted by molar-refractivity contribution is 0.499. The summed E-state index contributed by atoms with van der Waals surface area (Å²) in [6, 6.07) is 6.52. The summed E-state index contributed by atoms with van der Waals surface area (Å²) >= 11 is 1.75. The van der Waals surface area contributed by atoms with Crippen molar-refractivity contribution in [3.63, 3.8) is 0 Å². The fourth-order valence-electron chi connectivity index (χ4n) is 2.04. The average Bonchev–Trinajstić information content (AvgIpc) is 2.82. The molecular weight excluding hydrogens is 254 g/mol. The number of thiazole rings is 1. The highest BCUT2D eigenvalue weighted by molar-refractivity contribution is 7.09. The predicted octanol–water partition coefficient (Wildman–Crippen LogP) is 3.00. The SMILES string of the molecule is CCCNC(Cc1ccccn1)Cc1nc(C)cs1. The molecule has 2 aromatic rings. The van der Waals surface area contributed by atoms with E-state index in [1.807, 2.05) is 25.3 Å². The minimum absolute atomic E-state index is 0.417. The lowest BCUT2D eigenvalue weighted by Crippen LogP contribution is -2.34. The molecule has 102 valence electrons. The van der Waals surface area contributed by atoms with E-state index in [-0.39, 0.29) is 0 Å². The molecule has 1 unspecified atom stereocenters. The monoisotopic (exact) mass is 275 g/mol. The lowest BCUT2D eigenvalue weighted by atomic mass is 10.1. The van der Waals surface area contributed by atoms with Crippen LogP contribution in [0.2, 0.25) is 0 Å². The molecule has 1 atom stereocenters. The molecule has 0 saturated carbocycles. The third-order valence-electron chi connectivity index (χ3n) is 2.95. The van der Waals surface area contributed by atoms with Gasteiger partial charge in [0.05, 0.1) is 5.01 Å². The maximum atomic E-state index is 4.56. The molecule has 0 bridgehead atoms. The molecule has 0 aromatic carbocycles. The summed E-state index contributed by atoms with van der Waals surface area (Å²) in [6.07, 6.45) is 4.95. The Morgan fingerprint density at radius 3 is 2.84 bits per heavy atom. The number of rotatable bonds is 7. The van der Waals surface area contributed by atoms with Crippen LogP contribution >= 0.6 is 11.3 Å². The van der Waals surface area contributed by atoms with E-state index in [2.05, 4.69) is 33.7 Å². The zero-order chi connectivity index (χ0) is 13.5. The smallest absolute Gasteiger partial charge is 0.0943 e. The van der Waals surface area contributed by atoms with Crippen molar-refractivity contribution in [3.8, 4) is 0 Å². The van der Waals surface area contributed by atoms with Gasteiger partial charge in [0, 0.05) is 41.8 Å². The van der Waals surface area contributed by atoms with Gasteiger partial charge in [-0.1, -0.05) is 13.0 Å². The molecule has 19 heavy (non-hydrogen) atoms. The second-order valence-electron chi connectivity index (χ2n) is 4.76. The Hall–Kier alpha value is -1.26. The van der Waals surface area contributed by atoms with Crippen LogP contribution in [0.4, 0.5) is 0 Å². The molecule has 0 aliphatic carbocycles. The Balaban J connectivity index is 1.99. The first kappa shape index (κ1) is 14.2. The van der Waals surface area contributed by atoms with Crippen LogP contribution in [0, 0.1) is 6.92 Å². The Morgan fingerprint density at radius 2 is 2.21 bits per heavy atom. The highest BCUT2D eigenvalue weighted by Crippen LogP contribution is 2.13. The number of nitrogens with zero attached hydrogens (tertiary/aromatic N) is 2. The van der Waals surface area contributed by atoms with Gasteiger partial charge < -0.3 is 5.32 Å². The van der Waals surface area contributed by atoms with E-state index < -0.39 is 0 Å². The van der Waals surface area contributed by atoms with Gasteiger partial charge in [0.25, 0.3) is 0 Å². The van der Waals surface area contributed by atoms with E-state index in [1.165, 1.54) is 5.01 Å². The van der Waals surface area contributed by atoms with Crippen molar-refractivity contribution in [2.75, 3.05) is 6.54 Å². The molecule has 0 radical (unpaired) electrons. The molecule has 0 amide bonds. The quantitative estimate of drug-likeness (QED) is 0.844. The van der Waals surface area contributed by atoms with Crippen LogP contribution in [0.1, 0.15) is 29.7 Å². The first-order valence-corrected chi connectivity index (χ1v) is 7.70. The van der Waals surface area contributed by atoms with Gasteiger partial charge in [-0.2, -0.15) is 0 Å². The van der Waals surface area contributed by atoms with Crippen LogP contribution in [-0.2, 0) is 12.8 Å². The average molecular weight is 275 g/mol. The largest absolute Gasteiger partial charge is 0.313 e. The molecule has 4 heteroatoms. The van der Waals surface area contributed by atoms with E-state index >= 15 is 0 Å². The van der Waals surface area contributed by atoms with E-state index in [4.69, 9.17) is 0 Å². The van der Waals surface area contributed by atoms with Crippen molar-refractivity contribution in [1.29, 1.82) is 0 Å². The van der Waals surface area contributed by atoms with Crippen molar-refractivity contribution in [3.05, 3.63) is 46.2 Å². The zero-order valence-corrected chi connectivity index (χ0v) is 12.4. The van der Waals surface area contributed by atoms with Crippen molar-refractivity contribution < 1.29 is 0 Å². The van der Waals surface area contributed by atoms with Gasteiger partial charge in [-0.15, -0.1) is 11.3 Å². The third kappa shape index (κ3) is 4.73. The molecule has 0 aliphatic heterocycles. The van der Waals surface area contributed by atoms with Crippen LogP contribution in [0.5, 0.6) is 0 Å². The normalized spacial score (nSPS) is 12.5. The maximum absolute atomic E-state index is 4.56. The second kappa shape index (κ2) is 7.36. The summed E-state index contributed by atoms with van der Waals surface area (Å²) in [5.74, 6) is 0. The number of hydrogen-bond donors (Lipinski definition) is 1. The number of hydrogen-bond acceptors (Lipinski definition) is 4. The van der Waals surface area contributed by atoms with Crippen LogP contribution in [0.3, 0.4) is 0 Å². The number of pyridine rings is 1. The topological polar surface area (TPSA) is 37.8 Å². The molecule has 2 rings (SSSR count). The lowest BCUT2D eigenvalue weighted by Gasteiger charge is -2.17. The fraction of sp³-hybridized carbons (Fsp3) is 0.467. The van der Waals surface area contributed by atoms with Crippen molar-refractivity contribution >= 4 is 11.3 Å². The molecule has 0 saturated heterocycles. The Morgan fingerprint density at radius 1 is 1.32 bits per heavy atom. The molecule has 3 nitrogen and oxygen atoms in total. The van der Waals surface area contributed by atoms with Gasteiger partial charge in [-0.3, -0.25) is 4.98 Å². The summed E-state index contributed by atoms with van der Waals surface area (Å²) in [5.41, 5.74) is 2.26. The van der Waals surface area contributed by atoms with Gasteiger partial charge in [0.15, 0.2) is 0 Å². The summed E-state index contributed by atoms with van der Waals surface area (Å²) in [4.78, 5) is 8.97. The second-order valence-corrected chi connectivity index (χ2v) is 5.71. The minimum Gasteiger partial charge on any atom is -0.313 e. The Bertz CT molecular complexity index is 481. The van der Waals surface area contributed by atoms with Crippen LogP contribution in [-0.4, -0.2) is 22.6 Å². The molecule has 1 N–H and O–H groups in total. The summed E-state index contributed by atoms with van der Waals surface area (Å²) in [7, 11) is 0. The van der Waals surface area contributed by atoms with E-state index in [0.717, 1.165) is 37.2 Å². The Labute approximate surface area is 119 Å². The van der Waals surface area contributed by atoms with Gasteiger partial charge in [-0.25, -0.2) is 4.98 Å². The van der Waals surface area contributed by atoms with Gasteiger partial charge in [0.1, 0.15) is 0 Å². The predicted molar refractivity (Wildman–Crippen MR) is 80.6 cm³/mol. The minimum atomic E-state index is 0.417. The summed E-state index contributed by atoms with van der Waals surface area (Å²) < 4.78 is 0. The number of aryl methyl sites for hydroxylation is 1. The Kier molecular flexibility index (Phi) is 5.48. The van der Waals surface area contributed by atoms with Gasteiger partial charge >= 0.3 is 0 Å². The van der Waals surface area contributed by atoms with Crippen molar-refractivity contribution in [1.82, 2.24) is 15.3 Å². The van der Waals surface area contributed by atoms with Crippen molar-refractivity contribution in [2.24, 2.45) is 0 Å². The van der Waals surface area contributed by atoms with E-state index in [9.17, 15) is 0 Å². The first-order valence-electron chi connectivity index (χ1n) is 6.82. The van der Waals surface area contributed by atoms with Crippen molar-refractivity contribution in [2.45, 2.75) is 39.2 Å². The standard InChI is InChI=1S/C15H21N3S/c1-3-7-16-14(9-13-6-4-5-8-17-13)10-15-18-12(2)11-19-15/h4-6,8,11,14,16H,3,7,9-10H2,1-2H3. The highest BCUT2D eigenvalue weighted by atomic mass is 32.1. The van der Waals surface area contributed by atoms with Crippen LogP contribution in [0.25, 0.3) is 0 Å². The molecular formula is C15H21N3S. The van der Waals surface area contributed by atoms with Gasteiger partial charge in [-0.05, 0) is 32.0 Å². The number of nitrogens with one attached hydrogen (secondary N) is 1. The summed E-state index contributed by atoms with van der Waals surface area (Å²) in [6.45, 7) is 5.29.